The molecule has 0 fully saturated rings. The van der Waals surface area contributed by atoms with Crippen molar-refractivity contribution in [1.82, 2.24) is 9.97 Å². The molecule has 0 aliphatic carbocycles. The van der Waals surface area contributed by atoms with E-state index in [1.54, 1.807) is 36.7 Å². The number of aromatic nitrogens is 2. The van der Waals surface area contributed by atoms with Crippen LogP contribution in [-0.4, -0.2) is 21.0 Å². The van der Waals surface area contributed by atoms with Crippen LogP contribution in [0.3, 0.4) is 0 Å². The van der Waals surface area contributed by atoms with E-state index in [0.29, 0.717) is 17.2 Å². The van der Waals surface area contributed by atoms with E-state index in [1.807, 2.05) is 0 Å². The van der Waals surface area contributed by atoms with Crippen LogP contribution in [0.1, 0.15) is 5.56 Å². The number of hydrogen-bond acceptors (Lipinski definition) is 5. The number of nitrogens with zero attached hydrogens (tertiary/aromatic N) is 3. The number of benzene rings is 1. The molecule has 0 atom stereocenters. The molecule has 0 radical (unpaired) electrons. The van der Waals surface area contributed by atoms with Gasteiger partial charge in [0.2, 0.25) is 5.88 Å². The number of nitrogens with two attached hydrogens (primary N) is 1. The fourth-order valence-electron chi connectivity index (χ4n) is 1.21. The summed E-state index contributed by atoms with van der Waals surface area (Å²) in [6.07, 6.45) is 4.62. The average Bonchev–Trinajstić information content (AvgIpc) is 2.40. The minimum Gasteiger partial charge on any atom is -0.438 e. The summed E-state index contributed by atoms with van der Waals surface area (Å²) < 4.78 is 5.43. The molecule has 3 N–H and O–H groups in total. The van der Waals surface area contributed by atoms with E-state index in [9.17, 15) is 0 Å². The zero-order valence-corrected chi connectivity index (χ0v) is 8.82. The maximum atomic E-state index is 8.51. The van der Waals surface area contributed by atoms with E-state index in [1.165, 1.54) is 6.20 Å². The molecule has 1 aromatic carbocycles. The molecule has 1 heterocycles. The summed E-state index contributed by atoms with van der Waals surface area (Å²) in [5.74, 6) is 1.06. The molecule has 6 heteroatoms. The predicted molar refractivity (Wildman–Crippen MR) is 61.1 cm³/mol. The van der Waals surface area contributed by atoms with Gasteiger partial charge in [0.15, 0.2) is 5.84 Å². The molecule has 2 rings (SSSR count). The first kappa shape index (κ1) is 10.9. The molecule has 0 unspecified atom stereocenters. The molecule has 0 amide bonds. The smallest absolute Gasteiger partial charge is 0.237 e. The highest BCUT2D eigenvalue weighted by Gasteiger charge is 2.01. The Morgan fingerprint density at radius 2 is 2.00 bits per heavy atom. The first-order valence-corrected chi connectivity index (χ1v) is 4.81. The van der Waals surface area contributed by atoms with E-state index < -0.39 is 0 Å². The zero-order valence-electron chi connectivity index (χ0n) is 8.82. The molecule has 2 aromatic rings. The maximum absolute atomic E-state index is 8.51. The zero-order chi connectivity index (χ0) is 12.1. The number of amidine groups is 1. The first-order valence-electron chi connectivity index (χ1n) is 4.81. The highest BCUT2D eigenvalue weighted by atomic mass is 16.5. The second kappa shape index (κ2) is 4.93. The van der Waals surface area contributed by atoms with Gasteiger partial charge in [-0.2, -0.15) is 0 Å². The van der Waals surface area contributed by atoms with Gasteiger partial charge in [-0.15, -0.1) is 0 Å². The molecule has 6 nitrogen and oxygen atoms in total. The van der Waals surface area contributed by atoms with Gasteiger partial charge in [-0.05, 0) is 24.3 Å². The fourth-order valence-corrected chi connectivity index (χ4v) is 1.21. The third-order valence-corrected chi connectivity index (χ3v) is 2.02. The Morgan fingerprint density at radius 1 is 1.24 bits per heavy atom. The molecular weight excluding hydrogens is 220 g/mol. The van der Waals surface area contributed by atoms with Crippen molar-refractivity contribution in [2.24, 2.45) is 10.9 Å². The second-order valence-corrected chi connectivity index (χ2v) is 3.16. The Labute approximate surface area is 97.4 Å². The monoisotopic (exact) mass is 230 g/mol. The average molecular weight is 230 g/mol. The van der Waals surface area contributed by atoms with Gasteiger partial charge in [0.05, 0.1) is 6.20 Å². The van der Waals surface area contributed by atoms with Crippen molar-refractivity contribution in [2.45, 2.75) is 0 Å². The van der Waals surface area contributed by atoms with Crippen molar-refractivity contribution in [1.29, 1.82) is 0 Å². The lowest BCUT2D eigenvalue weighted by molar-refractivity contribution is 0.318. The minimum absolute atomic E-state index is 0.0519. The second-order valence-electron chi connectivity index (χ2n) is 3.16. The van der Waals surface area contributed by atoms with Gasteiger partial charge >= 0.3 is 0 Å². The molecule has 0 spiro atoms. The highest BCUT2D eigenvalue weighted by Crippen LogP contribution is 2.18. The van der Waals surface area contributed by atoms with Crippen molar-refractivity contribution in [3.05, 3.63) is 48.4 Å². The van der Waals surface area contributed by atoms with Crippen LogP contribution in [-0.2, 0) is 0 Å². The topological polar surface area (TPSA) is 93.6 Å². The summed E-state index contributed by atoms with van der Waals surface area (Å²) >= 11 is 0. The van der Waals surface area contributed by atoms with Gasteiger partial charge in [0.1, 0.15) is 5.75 Å². The molecule has 17 heavy (non-hydrogen) atoms. The van der Waals surface area contributed by atoms with Crippen LogP contribution in [0.15, 0.2) is 48.0 Å². The summed E-state index contributed by atoms with van der Waals surface area (Å²) in [6.45, 7) is 0. The van der Waals surface area contributed by atoms with Crippen LogP contribution in [0.25, 0.3) is 0 Å². The number of oxime groups is 1. The summed E-state index contributed by atoms with van der Waals surface area (Å²) in [7, 11) is 0. The van der Waals surface area contributed by atoms with E-state index in [2.05, 4.69) is 15.1 Å². The number of rotatable bonds is 3. The van der Waals surface area contributed by atoms with E-state index in [0.717, 1.165) is 0 Å². The van der Waals surface area contributed by atoms with Gasteiger partial charge in [-0.1, -0.05) is 5.16 Å². The lowest BCUT2D eigenvalue weighted by Gasteiger charge is -2.04. The Bertz CT molecular complexity index is 511. The Balaban J connectivity index is 2.14. The van der Waals surface area contributed by atoms with Crippen LogP contribution in [0.4, 0.5) is 0 Å². The first-order chi connectivity index (χ1) is 8.29. The van der Waals surface area contributed by atoms with Crippen molar-refractivity contribution < 1.29 is 9.94 Å². The van der Waals surface area contributed by atoms with Crippen molar-refractivity contribution in [3.63, 3.8) is 0 Å². The van der Waals surface area contributed by atoms with Crippen LogP contribution in [0.2, 0.25) is 0 Å². The molecule has 0 bridgehead atoms. The largest absolute Gasteiger partial charge is 0.438 e. The lowest BCUT2D eigenvalue weighted by Crippen LogP contribution is -2.12. The van der Waals surface area contributed by atoms with Crippen LogP contribution in [0, 0.1) is 0 Å². The molecule has 0 aliphatic heterocycles. The predicted octanol–water partition coefficient (Wildman–Crippen LogP) is 1.36. The van der Waals surface area contributed by atoms with E-state index >= 15 is 0 Å². The standard InChI is InChI=1S/C11H10N4O2/c12-11(15-16)8-1-3-9(4-2-8)17-10-7-13-5-6-14-10/h1-7,16H,(H2,12,15). The van der Waals surface area contributed by atoms with Gasteiger partial charge in [-0.3, -0.25) is 4.98 Å². The molecular formula is C11H10N4O2. The summed E-state index contributed by atoms with van der Waals surface area (Å²) in [5, 5.41) is 11.4. The number of hydrogen-bond donors (Lipinski definition) is 2. The van der Waals surface area contributed by atoms with Crippen molar-refractivity contribution in [3.8, 4) is 11.6 Å². The normalized spacial score (nSPS) is 11.2. The third kappa shape index (κ3) is 2.69. The molecule has 0 saturated heterocycles. The summed E-state index contributed by atoms with van der Waals surface area (Å²) in [5.41, 5.74) is 6.04. The maximum Gasteiger partial charge on any atom is 0.237 e. The molecule has 0 saturated carbocycles. The Morgan fingerprint density at radius 3 is 2.59 bits per heavy atom. The minimum atomic E-state index is 0.0519. The van der Waals surface area contributed by atoms with Gasteiger partial charge in [-0.25, -0.2) is 4.98 Å². The highest BCUT2D eigenvalue weighted by molar-refractivity contribution is 5.97. The van der Waals surface area contributed by atoms with Gasteiger partial charge in [0.25, 0.3) is 0 Å². The van der Waals surface area contributed by atoms with Gasteiger partial charge < -0.3 is 15.7 Å². The number of ether oxygens (including phenoxy) is 1. The SMILES string of the molecule is N/C(=N\O)c1ccc(Oc2cnccn2)cc1. The van der Waals surface area contributed by atoms with Crippen molar-refractivity contribution >= 4 is 5.84 Å². The van der Waals surface area contributed by atoms with Gasteiger partial charge in [0, 0.05) is 18.0 Å². The molecule has 0 aliphatic rings. The Hall–Kier alpha value is -2.63. The molecule has 1 aromatic heterocycles. The van der Waals surface area contributed by atoms with Crippen LogP contribution < -0.4 is 10.5 Å². The quantitative estimate of drug-likeness (QED) is 0.359. The summed E-state index contributed by atoms with van der Waals surface area (Å²) in [6, 6.07) is 6.76. The summed E-state index contributed by atoms with van der Waals surface area (Å²) in [4.78, 5) is 7.85. The molecule has 86 valence electrons. The van der Waals surface area contributed by atoms with E-state index in [-0.39, 0.29) is 5.84 Å². The van der Waals surface area contributed by atoms with Crippen LogP contribution in [0.5, 0.6) is 11.6 Å². The Kier molecular flexibility index (Phi) is 3.15. The fraction of sp³-hybridized carbons (Fsp3) is 0. The van der Waals surface area contributed by atoms with Crippen molar-refractivity contribution in [2.75, 3.05) is 0 Å². The lowest BCUT2D eigenvalue weighted by atomic mass is 10.2. The van der Waals surface area contributed by atoms with Crippen LogP contribution >= 0.6 is 0 Å². The third-order valence-electron chi connectivity index (χ3n) is 2.02. The van der Waals surface area contributed by atoms with E-state index in [4.69, 9.17) is 15.7 Å².